The number of hydrogen-bond acceptors (Lipinski definition) is 1. The van der Waals surface area contributed by atoms with Gasteiger partial charge in [0.25, 0.3) is 0 Å². The predicted molar refractivity (Wildman–Crippen MR) is 72.8 cm³/mol. The lowest BCUT2D eigenvalue weighted by Gasteiger charge is -2.31. The van der Waals surface area contributed by atoms with Crippen molar-refractivity contribution in [2.45, 2.75) is 25.2 Å². The van der Waals surface area contributed by atoms with Gasteiger partial charge < -0.3 is 10.0 Å². The quantitative estimate of drug-likeness (QED) is 0.859. The summed E-state index contributed by atoms with van der Waals surface area (Å²) >= 11 is 3.45. The van der Waals surface area contributed by atoms with Crippen molar-refractivity contribution in [3.05, 3.63) is 34.3 Å². The second-order valence-corrected chi connectivity index (χ2v) is 6.36. The summed E-state index contributed by atoms with van der Waals surface area (Å²) in [5.74, 6) is 0.640. The number of amides is 1. The fourth-order valence-electron chi connectivity index (χ4n) is 3.21. The Morgan fingerprint density at radius 3 is 2.44 bits per heavy atom. The zero-order valence-electron chi connectivity index (χ0n) is 10.1. The average molecular weight is 310 g/mol. The van der Waals surface area contributed by atoms with Crippen molar-refractivity contribution in [1.82, 2.24) is 4.90 Å². The molecule has 1 aliphatic heterocycles. The van der Waals surface area contributed by atoms with Gasteiger partial charge in [0.15, 0.2) is 0 Å². The SMILES string of the molecule is O=C(O)N1CCC2(CC1)CC2c1ccc(Br)cc1. The van der Waals surface area contributed by atoms with Crippen molar-refractivity contribution in [3.8, 4) is 0 Å². The van der Waals surface area contributed by atoms with Gasteiger partial charge in [-0.3, -0.25) is 0 Å². The number of piperidine rings is 1. The summed E-state index contributed by atoms with van der Waals surface area (Å²) < 4.78 is 1.11. The number of benzene rings is 1. The molecule has 1 aliphatic carbocycles. The first kappa shape index (κ1) is 12.0. The van der Waals surface area contributed by atoms with Gasteiger partial charge in [-0.25, -0.2) is 4.79 Å². The summed E-state index contributed by atoms with van der Waals surface area (Å²) in [6.07, 6.45) is 2.48. The van der Waals surface area contributed by atoms with Crippen molar-refractivity contribution < 1.29 is 9.90 Å². The molecule has 1 unspecified atom stereocenters. The van der Waals surface area contributed by atoms with Crippen LogP contribution < -0.4 is 0 Å². The lowest BCUT2D eigenvalue weighted by atomic mass is 9.89. The molecule has 1 amide bonds. The van der Waals surface area contributed by atoms with E-state index in [2.05, 4.69) is 40.2 Å². The molecule has 1 N–H and O–H groups in total. The number of hydrogen-bond donors (Lipinski definition) is 1. The van der Waals surface area contributed by atoms with Crippen LogP contribution in [-0.4, -0.2) is 29.2 Å². The van der Waals surface area contributed by atoms with E-state index < -0.39 is 6.09 Å². The summed E-state index contributed by atoms with van der Waals surface area (Å²) in [5, 5.41) is 8.96. The van der Waals surface area contributed by atoms with Crippen molar-refractivity contribution >= 4 is 22.0 Å². The number of rotatable bonds is 1. The second-order valence-electron chi connectivity index (χ2n) is 5.44. The number of nitrogens with zero attached hydrogens (tertiary/aromatic N) is 1. The fourth-order valence-corrected chi connectivity index (χ4v) is 3.47. The minimum atomic E-state index is -0.773. The van der Waals surface area contributed by atoms with Crippen molar-refractivity contribution in [2.75, 3.05) is 13.1 Å². The largest absolute Gasteiger partial charge is 0.465 e. The zero-order chi connectivity index (χ0) is 12.8. The molecule has 1 saturated carbocycles. The lowest BCUT2D eigenvalue weighted by molar-refractivity contribution is 0.119. The van der Waals surface area contributed by atoms with Crippen LogP contribution in [0.2, 0.25) is 0 Å². The van der Waals surface area contributed by atoms with E-state index in [-0.39, 0.29) is 0 Å². The molecule has 3 rings (SSSR count). The highest BCUT2D eigenvalue weighted by atomic mass is 79.9. The molecular weight excluding hydrogens is 294 g/mol. The molecule has 1 spiro atoms. The highest BCUT2D eigenvalue weighted by Gasteiger charge is 2.55. The first-order valence-electron chi connectivity index (χ1n) is 6.34. The Labute approximate surface area is 115 Å². The van der Waals surface area contributed by atoms with E-state index in [1.54, 1.807) is 4.90 Å². The Bertz CT molecular complexity index is 463. The van der Waals surface area contributed by atoms with Gasteiger partial charge in [0.1, 0.15) is 0 Å². The third-order valence-electron chi connectivity index (χ3n) is 4.49. The molecule has 1 aromatic carbocycles. The summed E-state index contributed by atoms with van der Waals surface area (Å²) in [6, 6.07) is 8.56. The topological polar surface area (TPSA) is 40.5 Å². The zero-order valence-corrected chi connectivity index (χ0v) is 11.7. The molecule has 1 aromatic rings. The Hall–Kier alpha value is -1.03. The van der Waals surface area contributed by atoms with Crippen LogP contribution in [0.1, 0.15) is 30.7 Å². The molecule has 2 fully saturated rings. The van der Waals surface area contributed by atoms with Crippen LogP contribution in [0.4, 0.5) is 4.79 Å². The second kappa shape index (κ2) is 4.26. The van der Waals surface area contributed by atoms with Gasteiger partial charge in [-0.1, -0.05) is 28.1 Å². The minimum Gasteiger partial charge on any atom is -0.465 e. The average Bonchev–Trinajstić information content (AvgIpc) is 3.04. The highest BCUT2D eigenvalue weighted by molar-refractivity contribution is 9.10. The molecule has 18 heavy (non-hydrogen) atoms. The van der Waals surface area contributed by atoms with E-state index in [1.165, 1.54) is 12.0 Å². The van der Waals surface area contributed by atoms with Crippen molar-refractivity contribution in [1.29, 1.82) is 0 Å². The molecule has 0 bridgehead atoms. The van der Waals surface area contributed by atoms with E-state index in [0.717, 1.165) is 17.3 Å². The smallest absolute Gasteiger partial charge is 0.407 e. The molecule has 1 saturated heterocycles. The number of halogens is 1. The van der Waals surface area contributed by atoms with Gasteiger partial charge >= 0.3 is 6.09 Å². The van der Waals surface area contributed by atoms with Crippen molar-refractivity contribution in [2.24, 2.45) is 5.41 Å². The van der Waals surface area contributed by atoms with E-state index in [0.29, 0.717) is 24.4 Å². The van der Waals surface area contributed by atoms with Crippen LogP contribution in [0, 0.1) is 5.41 Å². The first-order valence-corrected chi connectivity index (χ1v) is 7.13. The Morgan fingerprint density at radius 2 is 1.89 bits per heavy atom. The maximum Gasteiger partial charge on any atom is 0.407 e. The molecular formula is C14H16BrNO2. The van der Waals surface area contributed by atoms with Crippen LogP contribution in [0.15, 0.2) is 28.7 Å². The molecule has 1 heterocycles. The van der Waals surface area contributed by atoms with Gasteiger partial charge in [-0.15, -0.1) is 0 Å². The molecule has 0 aromatic heterocycles. The Morgan fingerprint density at radius 1 is 1.28 bits per heavy atom. The number of carboxylic acid groups (broad SMARTS) is 1. The van der Waals surface area contributed by atoms with Gasteiger partial charge in [0, 0.05) is 17.6 Å². The molecule has 4 heteroatoms. The molecule has 3 nitrogen and oxygen atoms in total. The Kier molecular flexibility index (Phi) is 2.85. The molecule has 96 valence electrons. The number of likely N-dealkylation sites (tertiary alicyclic amines) is 1. The molecule has 1 atom stereocenters. The summed E-state index contributed by atoms with van der Waals surface area (Å²) in [7, 11) is 0. The maximum atomic E-state index is 10.9. The standard InChI is InChI=1S/C14H16BrNO2/c15-11-3-1-10(2-4-11)12-9-14(12)5-7-16(8-6-14)13(17)18/h1-4,12H,5-9H2,(H,17,18). The van der Waals surface area contributed by atoms with Crippen LogP contribution >= 0.6 is 15.9 Å². The van der Waals surface area contributed by atoms with E-state index in [4.69, 9.17) is 5.11 Å². The van der Waals surface area contributed by atoms with Crippen LogP contribution in [0.5, 0.6) is 0 Å². The van der Waals surface area contributed by atoms with Gasteiger partial charge in [-0.05, 0) is 48.3 Å². The normalized spacial score (nSPS) is 25.2. The van der Waals surface area contributed by atoms with Crippen LogP contribution in [0.3, 0.4) is 0 Å². The van der Waals surface area contributed by atoms with E-state index >= 15 is 0 Å². The predicted octanol–water partition coefficient (Wildman–Crippen LogP) is 3.70. The van der Waals surface area contributed by atoms with Gasteiger partial charge in [0.2, 0.25) is 0 Å². The van der Waals surface area contributed by atoms with Gasteiger partial charge in [0.05, 0.1) is 0 Å². The van der Waals surface area contributed by atoms with Crippen LogP contribution in [-0.2, 0) is 0 Å². The third-order valence-corrected chi connectivity index (χ3v) is 5.02. The summed E-state index contributed by atoms with van der Waals surface area (Å²) in [5.41, 5.74) is 1.79. The van der Waals surface area contributed by atoms with Crippen molar-refractivity contribution in [3.63, 3.8) is 0 Å². The molecule has 0 radical (unpaired) electrons. The van der Waals surface area contributed by atoms with E-state index in [9.17, 15) is 4.79 Å². The summed E-state index contributed by atoms with van der Waals surface area (Å²) in [6.45, 7) is 1.39. The fraction of sp³-hybridized carbons (Fsp3) is 0.500. The van der Waals surface area contributed by atoms with E-state index in [1.807, 2.05) is 0 Å². The minimum absolute atomic E-state index is 0.389. The Balaban J connectivity index is 1.67. The first-order chi connectivity index (χ1) is 8.61. The lowest BCUT2D eigenvalue weighted by Crippen LogP contribution is -2.38. The maximum absolute atomic E-state index is 10.9. The third kappa shape index (κ3) is 2.03. The highest BCUT2D eigenvalue weighted by Crippen LogP contribution is 2.64. The van der Waals surface area contributed by atoms with Gasteiger partial charge in [-0.2, -0.15) is 0 Å². The summed E-state index contributed by atoms with van der Waals surface area (Å²) in [4.78, 5) is 12.4. The number of carbonyl (C=O) groups is 1. The molecule has 2 aliphatic rings. The monoisotopic (exact) mass is 309 g/mol. The van der Waals surface area contributed by atoms with Crippen LogP contribution in [0.25, 0.3) is 0 Å².